The molecule has 1 rings (SSSR count). The molecule has 14 heavy (non-hydrogen) atoms. The third-order valence-electron chi connectivity index (χ3n) is 1.93. The molecule has 0 heterocycles. The third-order valence-corrected chi connectivity index (χ3v) is 3.18. The fourth-order valence-corrected chi connectivity index (χ4v) is 1.45. The molecule has 0 aliphatic heterocycles. The molecule has 1 nitrogen and oxygen atoms in total. The molecule has 0 atom stereocenters. The maximum absolute atomic E-state index is 5.50. The first-order chi connectivity index (χ1) is 6.65. The standard InChI is InChI=1S/C12H13BrO/c1-4-5-6-14-11-7-9(2)12(13)10(3)8-11/h1,7-8H,5-6H2,2-3H3. The summed E-state index contributed by atoms with van der Waals surface area (Å²) < 4.78 is 6.64. The van der Waals surface area contributed by atoms with Gasteiger partial charge in [-0.25, -0.2) is 0 Å². The van der Waals surface area contributed by atoms with Crippen molar-refractivity contribution in [3.8, 4) is 18.1 Å². The van der Waals surface area contributed by atoms with Crippen LogP contribution < -0.4 is 4.74 Å². The van der Waals surface area contributed by atoms with E-state index in [4.69, 9.17) is 11.2 Å². The molecule has 1 aromatic rings. The average Bonchev–Trinajstić information content (AvgIpc) is 2.14. The highest BCUT2D eigenvalue weighted by atomic mass is 79.9. The van der Waals surface area contributed by atoms with Crippen molar-refractivity contribution in [3.05, 3.63) is 27.7 Å². The van der Waals surface area contributed by atoms with Gasteiger partial charge >= 0.3 is 0 Å². The largest absolute Gasteiger partial charge is 0.493 e. The highest BCUT2D eigenvalue weighted by molar-refractivity contribution is 9.10. The van der Waals surface area contributed by atoms with Gasteiger partial charge in [0.2, 0.25) is 0 Å². The molecule has 0 aliphatic carbocycles. The second kappa shape index (κ2) is 5.07. The van der Waals surface area contributed by atoms with Gasteiger partial charge in [0, 0.05) is 10.9 Å². The van der Waals surface area contributed by atoms with Gasteiger partial charge in [-0.3, -0.25) is 0 Å². The minimum Gasteiger partial charge on any atom is -0.493 e. The maximum Gasteiger partial charge on any atom is 0.119 e. The number of halogens is 1. The topological polar surface area (TPSA) is 9.23 Å². The molecule has 0 amide bonds. The summed E-state index contributed by atoms with van der Waals surface area (Å²) in [6, 6.07) is 4.02. The van der Waals surface area contributed by atoms with Crippen molar-refractivity contribution in [2.45, 2.75) is 20.3 Å². The van der Waals surface area contributed by atoms with Crippen molar-refractivity contribution >= 4 is 15.9 Å². The summed E-state index contributed by atoms with van der Waals surface area (Å²) >= 11 is 3.51. The van der Waals surface area contributed by atoms with Crippen LogP contribution in [-0.2, 0) is 0 Å². The lowest BCUT2D eigenvalue weighted by Gasteiger charge is -2.08. The predicted molar refractivity (Wildman–Crippen MR) is 62.6 cm³/mol. The second-order valence-electron chi connectivity index (χ2n) is 3.17. The van der Waals surface area contributed by atoms with Crippen LogP contribution in [0.1, 0.15) is 17.5 Å². The molecule has 74 valence electrons. The maximum atomic E-state index is 5.50. The summed E-state index contributed by atoms with van der Waals surface area (Å²) in [5, 5.41) is 0. The Bertz CT molecular complexity index is 340. The summed E-state index contributed by atoms with van der Waals surface area (Å²) in [6.45, 7) is 4.67. The Morgan fingerprint density at radius 2 is 1.93 bits per heavy atom. The van der Waals surface area contributed by atoms with Gasteiger partial charge in [0.1, 0.15) is 5.75 Å². The van der Waals surface area contributed by atoms with Crippen molar-refractivity contribution in [1.82, 2.24) is 0 Å². The predicted octanol–water partition coefficient (Wildman–Crippen LogP) is 3.47. The number of hydrogen-bond donors (Lipinski definition) is 0. The molecule has 0 bridgehead atoms. The van der Waals surface area contributed by atoms with Crippen LogP contribution in [0.15, 0.2) is 16.6 Å². The first-order valence-corrected chi connectivity index (χ1v) is 5.27. The van der Waals surface area contributed by atoms with E-state index >= 15 is 0 Å². The molecule has 0 spiro atoms. The van der Waals surface area contributed by atoms with Gasteiger partial charge in [-0.05, 0) is 37.1 Å². The lowest BCUT2D eigenvalue weighted by molar-refractivity contribution is 0.327. The number of aryl methyl sites for hydroxylation is 2. The molecule has 0 unspecified atom stereocenters. The van der Waals surface area contributed by atoms with Crippen molar-refractivity contribution < 1.29 is 4.74 Å². The molecule has 1 aromatic carbocycles. The Balaban J connectivity index is 2.75. The lowest BCUT2D eigenvalue weighted by Crippen LogP contribution is -1.96. The molecule has 0 N–H and O–H groups in total. The Hall–Kier alpha value is -0.940. The van der Waals surface area contributed by atoms with Crippen LogP contribution in [-0.4, -0.2) is 6.61 Å². The normalized spacial score (nSPS) is 9.57. The van der Waals surface area contributed by atoms with E-state index in [0.29, 0.717) is 13.0 Å². The summed E-state index contributed by atoms with van der Waals surface area (Å²) in [5.74, 6) is 3.43. The number of benzene rings is 1. The van der Waals surface area contributed by atoms with Gasteiger partial charge in [-0.1, -0.05) is 15.9 Å². The molecular formula is C12H13BrO. The van der Waals surface area contributed by atoms with Gasteiger partial charge in [0.15, 0.2) is 0 Å². The van der Waals surface area contributed by atoms with Crippen LogP contribution in [0.4, 0.5) is 0 Å². The molecule has 0 saturated heterocycles. The van der Waals surface area contributed by atoms with Crippen LogP contribution in [0.3, 0.4) is 0 Å². The number of rotatable bonds is 3. The Kier molecular flexibility index (Phi) is 4.03. The molecule has 0 aliphatic rings. The second-order valence-corrected chi connectivity index (χ2v) is 3.97. The lowest BCUT2D eigenvalue weighted by atomic mass is 10.1. The van der Waals surface area contributed by atoms with Crippen molar-refractivity contribution in [3.63, 3.8) is 0 Å². The van der Waals surface area contributed by atoms with Gasteiger partial charge in [-0.15, -0.1) is 12.3 Å². The van der Waals surface area contributed by atoms with Gasteiger partial charge in [-0.2, -0.15) is 0 Å². The van der Waals surface area contributed by atoms with E-state index in [-0.39, 0.29) is 0 Å². The van der Waals surface area contributed by atoms with Crippen molar-refractivity contribution in [2.24, 2.45) is 0 Å². The Morgan fingerprint density at radius 3 is 2.43 bits per heavy atom. The van der Waals surface area contributed by atoms with Crippen LogP contribution in [0.5, 0.6) is 5.75 Å². The number of terminal acetylenes is 1. The van der Waals surface area contributed by atoms with Crippen LogP contribution in [0.25, 0.3) is 0 Å². The fourth-order valence-electron chi connectivity index (χ4n) is 1.22. The van der Waals surface area contributed by atoms with E-state index in [2.05, 4.69) is 21.9 Å². The summed E-state index contributed by atoms with van der Waals surface area (Å²) in [7, 11) is 0. The molecule has 0 saturated carbocycles. The van der Waals surface area contributed by atoms with E-state index in [0.717, 1.165) is 10.2 Å². The van der Waals surface area contributed by atoms with Crippen molar-refractivity contribution in [2.75, 3.05) is 6.61 Å². The zero-order valence-corrected chi connectivity index (χ0v) is 10.0. The highest BCUT2D eigenvalue weighted by Crippen LogP contribution is 2.26. The zero-order chi connectivity index (χ0) is 10.6. The van der Waals surface area contributed by atoms with E-state index < -0.39 is 0 Å². The van der Waals surface area contributed by atoms with Crippen LogP contribution in [0.2, 0.25) is 0 Å². The molecule has 2 heteroatoms. The third kappa shape index (κ3) is 2.78. The SMILES string of the molecule is C#CCCOc1cc(C)c(Br)c(C)c1. The molecule has 0 aromatic heterocycles. The molecule has 0 fully saturated rings. The Labute approximate surface area is 93.6 Å². The van der Waals surface area contributed by atoms with Gasteiger partial charge in [0.05, 0.1) is 6.61 Å². The highest BCUT2D eigenvalue weighted by Gasteiger charge is 2.02. The quantitative estimate of drug-likeness (QED) is 0.592. The minimum absolute atomic E-state index is 0.580. The zero-order valence-electron chi connectivity index (χ0n) is 8.43. The summed E-state index contributed by atoms with van der Waals surface area (Å²) in [4.78, 5) is 0. The molecule has 0 radical (unpaired) electrons. The smallest absolute Gasteiger partial charge is 0.119 e. The van der Waals surface area contributed by atoms with E-state index in [1.165, 1.54) is 11.1 Å². The summed E-state index contributed by atoms with van der Waals surface area (Å²) in [5.41, 5.74) is 2.36. The minimum atomic E-state index is 0.580. The number of ether oxygens (including phenoxy) is 1. The van der Waals surface area contributed by atoms with Crippen LogP contribution >= 0.6 is 15.9 Å². The van der Waals surface area contributed by atoms with E-state index in [1.54, 1.807) is 0 Å². The summed E-state index contributed by atoms with van der Waals surface area (Å²) in [6.07, 6.45) is 5.79. The number of hydrogen-bond acceptors (Lipinski definition) is 1. The van der Waals surface area contributed by atoms with E-state index in [1.807, 2.05) is 26.0 Å². The van der Waals surface area contributed by atoms with Gasteiger partial charge in [0.25, 0.3) is 0 Å². The fraction of sp³-hybridized carbons (Fsp3) is 0.333. The van der Waals surface area contributed by atoms with Gasteiger partial charge < -0.3 is 4.74 Å². The average molecular weight is 253 g/mol. The Morgan fingerprint density at radius 1 is 1.36 bits per heavy atom. The first kappa shape index (κ1) is 11.1. The first-order valence-electron chi connectivity index (χ1n) is 4.48. The van der Waals surface area contributed by atoms with E-state index in [9.17, 15) is 0 Å². The monoisotopic (exact) mass is 252 g/mol. The van der Waals surface area contributed by atoms with Crippen LogP contribution in [0, 0.1) is 26.2 Å². The van der Waals surface area contributed by atoms with Crippen molar-refractivity contribution in [1.29, 1.82) is 0 Å². The molecular weight excluding hydrogens is 240 g/mol.